The van der Waals surface area contributed by atoms with Crippen molar-refractivity contribution in [3.05, 3.63) is 87.6 Å². The number of fused-ring (bicyclic) bond motifs is 2. The summed E-state index contributed by atoms with van der Waals surface area (Å²) in [6, 6.07) is 22.1. The third kappa shape index (κ3) is 5.34. The van der Waals surface area contributed by atoms with E-state index < -0.39 is 0 Å². The number of benzene rings is 2. The van der Waals surface area contributed by atoms with Gasteiger partial charge in [0.25, 0.3) is 0 Å². The highest BCUT2D eigenvalue weighted by atomic mass is 32.1. The molecule has 0 saturated carbocycles. The molecular formula is C30H39N3OS. The van der Waals surface area contributed by atoms with E-state index in [9.17, 15) is 0 Å². The first-order valence-corrected chi connectivity index (χ1v) is 14.0. The van der Waals surface area contributed by atoms with Gasteiger partial charge in [0.15, 0.2) is 0 Å². The zero-order valence-corrected chi connectivity index (χ0v) is 22.0. The lowest BCUT2D eigenvalue weighted by Gasteiger charge is -2.51. The summed E-state index contributed by atoms with van der Waals surface area (Å²) in [4.78, 5) is 6.59. The molecule has 186 valence electrons. The van der Waals surface area contributed by atoms with Crippen molar-refractivity contribution in [2.24, 2.45) is 0 Å². The van der Waals surface area contributed by atoms with Gasteiger partial charge in [-0.3, -0.25) is 4.90 Å². The van der Waals surface area contributed by atoms with Crippen LogP contribution in [0.15, 0.2) is 66.0 Å². The van der Waals surface area contributed by atoms with Crippen LogP contribution in [-0.4, -0.2) is 56.6 Å². The van der Waals surface area contributed by atoms with Crippen LogP contribution in [0.1, 0.15) is 46.9 Å². The highest BCUT2D eigenvalue weighted by Crippen LogP contribution is 2.42. The second-order valence-electron chi connectivity index (χ2n) is 10.1. The number of para-hydroxylation sites is 1. The molecule has 5 rings (SSSR count). The molecule has 2 aromatic carbocycles. The van der Waals surface area contributed by atoms with E-state index in [2.05, 4.69) is 88.2 Å². The van der Waals surface area contributed by atoms with Crippen LogP contribution in [0.25, 0.3) is 0 Å². The Morgan fingerprint density at radius 1 is 1.00 bits per heavy atom. The molecule has 1 atom stereocenters. The van der Waals surface area contributed by atoms with E-state index in [1.165, 1.54) is 36.2 Å². The standard InChI is InChI=1S/C30H39N3OS/c1-31-18-13-28(29-12-7-23-35-29)34-27-11-6-4-9-25(27)15-20-33-21-16-30(17-22-33)26-10-5-3-8-24(26)14-19-32(30)2/h3-12,23,28,31H,13-22H2,1-2H3. The van der Waals surface area contributed by atoms with Gasteiger partial charge in [-0.05, 0) is 80.5 Å². The predicted octanol–water partition coefficient (Wildman–Crippen LogP) is 5.50. The van der Waals surface area contributed by atoms with Gasteiger partial charge in [-0.2, -0.15) is 0 Å². The largest absolute Gasteiger partial charge is 0.485 e. The Bertz CT molecular complexity index is 1070. The van der Waals surface area contributed by atoms with Gasteiger partial charge in [0.1, 0.15) is 11.9 Å². The van der Waals surface area contributed by atoms with E-state index in [0.29, 0.717) is 0 Å². The molecule has 1 fully saturated rings. The van der Waals surface area contributed by atoms with E-state index in [4.69, 9.17) is 4.74 Å². The average Bonchev–Trinajstić information content (AvgIpc) is 3.44. The predicted molar refractivity (Wildman–Crippen MR) is 147 cm³/mol. The maximum Gasteiger partial charge on any atom is 0.134 e. The second kappa shape index (κ2) is 11.3. The van der Waals surface area contributed by atoms with Crippen molar-refractivity contribution in [3.8, 4) is 5.75 Å². The Morgan fingerprint density at radius 3 is 2.60 bits per heavy atom. The molecule has 0 radical (unpaired) electrons. The van der Waals surface area contributed by atoms with E-state index in [0.717, 1.165) is 44.8 Å². The van der Waals surface area contributed by atoms with Crippen LogP contribution in [0, 0.1) is 0 Å². The fraction of sp³-hybridized carbons (Fsp3) is 0.467. The van der Waals surface area contributed by atoms with Crippen LogP contribution < -0.4 is 10.1 Å². The van der Waals surface area contributed by atoms with Gasteiger partial charge in [0.2, 0.25) is 0 Å². The summed E-state index contributed by atoms with van der Waals surface area (Å²) in [6.45, 7) is 5.50. The minimum atomic E-state index is 0.0975. The molecule has 1 N–H and O–H groups in total. The maximum absolute atomic E-state index is 6.62. The van der Waals surface area contributed by atoms with Gasteiger partial charge in [-0.25, -0.2) is 0 Å². The number of hydrogen-bond acceptors (Lipinski definition) is 5. The molecule has 0 bridgehead atoms. The second-order valence-corrected chi connectivity index (χ2v) is 11.1. The lowest BCUT2D eigenvalue weighted by molar-refractivity contribution is 0.0283. The lowest BCUT2D eigenvalue weighted by Crippen LogP contribution is -2.54. The van der Waals surface area contributed by atoms with Crippen molar-refractivity contribution in [3.63, 3.8) is 0 Å². The van der Waals surface area contributed by atoms with Crippen molar-refractivity contribution in [1.29, 1.82) is 0 Å². The number of nitrogens with zero attached hydrogens (tertiary/aromatic N) is 2. The molecule has 2 aliphatic rings. The SMILES string of the molecule is CNCCC(Oc1ccccc1CCN1CCC2(CC1)c1ccccc1CCN2C)c1cccs1. The molecule has 0 aliphatic carbocycles. The van der Waals surface area contributed by atoms with Crippen LogP contribution in [0.5, 0.6) is 5.75 Å². The fourth-order valence-electron chi connectivity index (χ4n) is 5.96. The number of piperidine rings is 1. The Hall–Kier alpha value is -2.18. The van der Waals surface area contributed by atoms with Crippen molar-refractivity contribution in [1.82, 2.24) is 15.1 Å². The number of likely N-dealkylation sites (N-methyl/N-ethyl adjacent to an activating group) is 1. The third-order valence-corrected chi connectivity index (χ3v) is 9.07. The normalized spacial score (nSPS) is 18.9. The van der Waals surface area contributed by atoms with Crippen LogP contribution in [0.2, 0.25) is 0 Å². The molecule has 1 unspecified atom stereocenters. The van der Waals surface area contributed by atoms with Gasteiger partial charge in [0, 0.05) is 43.0 Å². The first kappa shape index (κ1) is 24.5. The number of nitrogens with one attached hydrogen (secondary N) is 1. The number of hydrogen-bond donors (Lipinski definition) is 1. The summed E-state index contributed by atoms with van der Waals surface area (Å²) >= 11 is 1.78. The van der Waals surface area contributed by atoms with Crippen LogP contribution >= 0.6 is 11.3 Å². The summed E-state index contributed by atoms with van der Waals surface area (Å²) in [5.41, 5.74) is 4.67. The molecule has 4 nitrogen and oxygen atoms in total. The third-order valence-electron chi connectivity index (χ3n) is 8.11. The molecule has 1 spiro atoms. The molecule has 0 amide bonds. The number of rotatable bonds is 9. The van der Waals surface area contributed by atoms with Crippen LogP contribution in [-0.2, 0) is 18.4 Å². The minimum Gasteiger partial charge on any atom is -0.485 e. The van der Waals surface area contributed by atoms with E-state index >= 15 is 0 Å². The van der Waals surface area contributed by atoms with E-state index in [1.807, 2.05) is 7.05 Å². The first-order valence-electron chi connectivity index (χ1n) is 13.1. The zero-order chi connectivity index (χ0) is 24.1. The monoisotopic (exact) mass is 489 g/mol. The summed E-state index contributed by atoms with van der Waals surface area (Å²) in [6.07, 6.45) is 5.69. The lowest BCUT2D eigenvalue weighted by atomic mass is 9.74. The Kier molecular flexibility index (Phi) is 7.88. The van der Waals surface area contributed by atoms with E-state index in [1.54, 1.807) is 22.5 Å². The van der Waals surface area contributed by atoms with Gasteiger partial charge >= 0.3 is 0 Å². The highest BCUT2D eigenvalue weighted by molar-refractivity contribution is 7.10. The fourth-order valence-corrected chi connectivity index (χ4v) is 6.75. The van der Waals surface area contributed by atoms with Crippen molar-refractivity contribution in [2.75, 3.05) is 46.8 Å². The highest BCUT2D eigenvalue weighted by Gasteiger charge is 2.42. The summed E-state index contributed by atoms with van der Waals surface area (Å²) in [5, 5.41) is 5.42. The van der Waals surface area contributed by atoms with Gasteiger partial charge in [-0.1, -0.05) is 48.5 Å². The summed E-state index contributed by atoms with van der Waals surface area (Å²) < 4.78 is 6.62. The first-order chi connectivity index (χ1) is 17.2. The summed E-state index contributed by atoms with van der Waals surface area (Å²) in [5.74, 6) is 1.04. The molecule has 2 aliphatic heterocycles. The number of thiophene rings is 1. The van der Waals surface area contributed by atoms with Gasteiger partial charge in [-0.15, -0.1) is 11.3 Å². The van der Waals surface area contributed by atoms with Gasteiger partial charge in [0.05, 0.1) is 0 Å². The van der Waals surface area contributed by atoms with Crippen molar-refractivity contribution < 1.29 is 4.74 Å². The maximum atomic E-state index is 6.62. The van der Waals surface area contributed by atoms with E-state index in [-0.39, 0.29) is 11.6 Å². The molecular weight excluding hydrogens is 450 g/mol. The average molecular weight is 490 g/mol. The summed E-state index contributed by atoms with van der Waals surface area (Å²) in [7, 11) is 4.34. The topological polar surface area (TPSA) is 27.7 Å². The number of likely N-dealkylation sites (tertiary alicyclic amines) is 1. The quantitative estimate of drug-likeness (QED) is 0.430. The Labute approximate surface area is 214 Å². The molecule has 1 aromatic heterocycles. The molecule has 35 heavy (non-hydrogen) atoms. The van der Waals surface area contributed by atoms with Crippen LogP contribution in [0.4, 0.5) is 0 Å². The molecule has 3 heterocycles. The zero-order valence-electron chi connectivity index (χ0n) is 21.2. The van der Waals surface area contributed by atoms with Crippen molar-refractivity contribution >= 4 is 11.3 Å². The van der Waals surface area contributed by atoms with Gasteiger partial charge < -0.3 is 15.0 Å². The minimum absolute atomic E-state index is 0.0975. The smallest absolute Gasteiger partial charge is 0.134 e. The Morgan fingerprint density at radius 2 is 1.80 bits per heavy atom. The van der Waals surface area contributed by atoms with Crippen LogP contribution in [0.3, 0.4) is 0 Å². The molecule has 5 heteroatoms. The molecule has 3 aromatic rings. The molecule has 1 saturated heterocycles. The Balaban J connectivity index is 1.22. The van der Waals surface area contributed by atoms with Crippen molar-refractivity contribution in [2.45, 2.75) is 43.7 Å². The number of ether oxygens (including phenoxy) is 1.